The lowest BCUT2D eigenvalue weighted by atomic mass is 10.3. The van der Waals surface area contributed by atoms with E-state index in [0.717, 1.165) is 47.8 Å². The van der Waals surface area contributed by atoms with Crippen LogP contribution in [0.4, 0.5) is 11.6 Å². The van der Waals surface area contributed by atoms with Crippen LogP contribution in [0.5, 0.6) is 0 Å². The van der Waals surface area contributed by atoms with Crippen LogP contribution in [0.2, 0.25) is 0 Å². The molecule has 6 heteroatoms. The standard InChI is InChI=1S/C13H17BrN4O/c1-2-6-15-12-11(14)13(18-9-17-12)16-7-5-10-4-3-8-19-10/h3-4,8-9H,2,5-7H2,1H3,(H2,15,16,17,18). The fourth-order valence-corrected chi connectivity index (χ4v) is 2.10. The highest BCUT2D eigenvalue weighted by Gasteiger charge is 2.07. The maximum atomic E-state index is 5.28. The van der Waals surface area contributed by atoms with Crippen LogP contribution in [-0.4, -0.2) is 23.1 Å². The summed E-state index contributed by atoms with van der Waals surface area (Å²) in [5.74, 6) is 2.57. The number of hydrogen-bond acceptors (Lipinski definition) is 5. The van der Waals surface area contributed by atoms with Gasteiger partial charge in [0.1, 0.15) is 28.2 Å². The summed E-state index contributed by atoms with van der Waals surface area (Å²) in [6, 6.07) is 3.85. The van der Waals surface area contributed by atoms with Crippen LogP contribution in [0.25, 0.3) is 0 Å². The molecule has 102 valence electrons. The number of hydrogen-bond donors (Lipinski definition) is 2. The first-order valence-corrected chi connectivity index (χ1v) is 7.11. The minimum atomic E-state index is 0.760. The molecule has 2 N–H and O–H groups in total. The predicted octanol–water partition coefficient (Wildman–Crippen LogP) is 3.31. The summed E-state index contributed by atoms with van der Waals surface area (Å²) in [7, 11) is 0. The van der Waals surface area contributed by atoms with E-state index in [1.807, 2.05) is 12.1 Å². The van der Waals surface area contributed by atoms with Gasteiger partial charge in [0.05, 0.1) is 6.26 Å². The second kappa shape index (κ2) is 7.13. The maximum absolute atomic E-state index is 5.28. The van der Waals surface area contributed by atoms with Crippen LogP contribution < -0.4 is 10.6 Å². The molecule has 0 amide bonds. The van der Waals surface area contributed by atoms with E-state index in [2.05, 4.69) is 43.5 Å². The molecule has 0 aliphatic heterocycles. The van der Waals surface area contributed by atoms with Crippen molar-refractivity contribution in [1.82, 2.24) is 9.97 Å². The van der Waals surface area contributed by atoms with Gasteiger partial charge in [-0.3, -0.25) is 0 Å². The molecule has 19 heavy (non-hydrogen) atoms. The number of furan rings is 1. The zero-order chi connectivity index (χ0) is 13.5. The van der Waals surface area contributed by atoms with E-state index in [1.165, 1.54) is 0 Å². The van der Waals surface area contributed by atoms with E-state index in [4.69, 9.17) is 4.42 Å². The van der Waals surface area contributed by atoms with Crippen molar-refractivity contribution in [2.75, 3.05) is 23.7 Å². The topological polar surface area (TPSA) is 63.0 Å². The van der Waals surface area contributed by atoms with Gasteiger partial charge in [0, 0.05) is 19.5 Å². The van der Waals surface area contributed by atoms with Crippen LogP contribution in [0.15, 0.2) is 33.6 Å². The van der Waals surface area contributed by atoms with Crippen LogP contribution in [-0.2, 0) is 6.42 Å². The van der Waals surface area contributed by atoms with Gasteiger partial charge in [-0.1, -0.05) is 6.92 Å². The minimum absolute atomic E-state index is 0.760. The average molecular weight is 325 g/mol. The number of nitrogens with zero attached hydrogens (tertiary/aromatic N) is 2. The number of halogens is 1. The van der Waals surface area contributed by atoms with Gasteiger partial charge in [0.25, 0.3) is 0 Å². The molecular weight excluding hydrogens is 308 g/mol. The van der Waals surface area contributed by atoms with Gasteiger partial charge < -0.3 is 15.1 Å². The van der Waals surface area contributed by atoms with E-state index in [0.29, 0.717) is 0 Å². The lowest BCUT2D eigenvalue weighted by Gasteiger charge is -2.10. The van der Waals surface area contributed by atoms with Gasteiger partial charge >= 0.3 is 0 Å². The Balaban J connectivity index is 1.92. The van der Waals surface area contributed by atoms with Crippen molar-refractivity contribution in [2.24, 2.45) is 0 Å². The monoisotopic (exact) mass is 324 g/mol. The van der Waals surface area contributed by atoms with Crippen molar-refractivity contribution < 1.29 is 4.42 Å². The van der Waals surface area contributed by atoms with Gasteiger partial charge in [-0.15, -0.1) is 0 Å². The first-order chi connectivity index (χ1) is 9.31. The number of anilines is 2. The molecule has 0 fully saturated rings. The van der Waals surface area contributed by atoms with Gasteiger partial charge in [-0.2, -0.15) is 0 Å². The fourth-order valence-electron chi connectivity index (χ4n) is 1.62. The van der Waals surface area contributed by atoms with Crippen LogP contribution in [0.3, 0.4) is 0 Å². The Morgan fingerprint density at radius 3 is 2.58 bits per heavy atom. The lowest BCUT2D eigenvalue weighted by molar-refractivity contribution is 0.513. The normalized spacial score (nSPS) is 10.4. The number of aromatic nitrogens is 2. The molecule has 0 saturated heterocycles. The van der Waals surface area contributed by atoms with Crippen molar-refractivity contribution in [3.63, 3.8) is 0 Å². The summed E-state index contributed by atoms with van der Waals surface area (Å²) in [5, 5.41) is 6.52. The van der Waals surface area contributed by atoms with Gasteiger partial charge in [-0.25, -0.2) is 9.97 Å². The molecule has 2 aromatic rings. The third kappa shape index (κ3) is 3.96. The largest absolute Gasteiger partial charge is 0.469 e. The Kier molecular flexibility index (Phi) is 5.20. The van der Waals surface area contributed by atoms with E-state index in [1.54, 1.807) is 12.6 Å². The molecule has 0 atom stereocenters. The summed E-state index contributed by atoms with van der Waals surface area (Å²) in [6.45, 7) is 3.77. The molecule has 0 aliphatic rings. The zero-order valence-corrected chi connectivity index (χ0v) is 12.4. The summed E-state index contributed by atoms with van der Waals surface area (Å²) in [5.41, 5.74) is 0. The maximum Gasteiger partial charge on any atom is 0.145 e. The molecule has 2 aromatic heterocycles. The quantitative estimate of drug-likeness (QED) is 0.818. The average Bonchev–Trinajstić information content (AvgIpc) is 2.92. The van der Waals surface area contributed by atoms with E-state index >= 15 is 0 Å². The Hall–Kier alpha value is -1.56. The summed E-state index contributed by atoms with van der Waals surface area (Å²) in [4.78, 5) is 8.43. The molecule has 0 radical (unpaired) electrons. The molecule has 0 bridgehead atoms. The second-order valence-electron chi connectivity index (χ2n) is 4.07. The van der Waals surface area contributed by atoms with Crippen molar-refractivity contribution in [3.8, 4) is 0 Å². The summed E-state index contributed by atoms with van der Waals surface area (Å²) in [6.07, 6.45) is 5.11. The van der Waals surface area contributed by atoms with Crippen molar-refractivity contribution >= 4 is 27.6 Å². The molecule has 0 aliphatic carbocycles. The minimum Gasteiger partial charge on any atom is -0.469 e. The van der Waals surface area contributed by atoms with Gasteiger partial charge in [-0.05, 0) is 34.5 Å². The van der Waals surface area contributed by atoms with Crippen LogP contribution in [0.1, 0.15) is 19.1 Å². The zero-order valence-electron chi connectivity index (χ0n) is 10.8. The van der Waals surface area contributed by atoms with Crippen molar-refractivity contribution in [1.29, 1.82) is 0 Å². The summed E-state index contributed by atoms with van der Waals surface area (Å²) < 4.78 is 6.15. The predicted molar refractivity (Wildman–Crippen MR) is 79.4 cm³/mol. The Morgan fingerprint density at radius 2 is 1.95 bits per heavy atom. The molecule has 0 spiro atoms. The van der Waals surface area contributed by atoms with E-state index < -0.39 is 0 Å². The highest BCUT2D eigenvalue weighted by atomic mass is 79.9. The van der Waals surface area contributed by atoms with Gasteiger partial charge in [0.15, 0.2) is 0 Å². The molecule has 0 aromatic carbocycles. The highest BCUT2D eigenvalue weighted by Crippen LogP contribution is 2.26. The highest BCUT2D eigenvalue weighted by molar-refractivity contribution is 9.10. The molecular formula is C13H17BrN4O. The lowest BCUT2D eigenvalue weighted by Crippen LogP contribution is -2.09. The third-order valence-corrected chi connectivity index (χ3v) is 3.33. The van der Waals surface area contributed by atoms with E-state index in [9.17, 15) is 0 Å². The number of nitrogens with one attached hydrogen (secondary N) is 2. The number of rotatable bonds is 7. The first-order valence-electron chi connectivity index (χ1n) is 6.32. The smallest absolute Gasteiger partial charge is 0.145 e. The Bertz CT molecular complexity index is 501. The summed E-state index contributed by atoms with van der Waals surface area (Å²) >= 11 is 3.52. The third-order valence-electron chi connectivity index (χ3n) is 2.58. The second-order valence-corrected chi connectivity index (χ2v) is 4.86. The van der Waals surface area contributed by atoms with Crippen molar-refractivity contribution in [3.05, 3.63) is 35.0 Å². The Labute approximate surface area is 121 Å². The van der Waals surface area contributed by atoms with Crippen LogP contribution in [0, 0.1) is 0 Å². The van der Waals surface area contributed by atoms with Crippen LogP contribution >= 0.6 is 15.9 Å². The SMILES string of the molecule is CCCNc1ncnc(NCCc2ccco2)c1Br. The molecule has 0 unspecified atom stereocenters. The molecule has 5 nitrogen and oxygen atoms in total. The molecule has 2 heterocycles. The van der Waals surface area contributed by atoms with E-state index in [-0.39, 0.29) is 0 Å². The van der Waals surface area contributed by atoms with Gasteiger partial charge in [0.2, 0.25) is 0 Å². The molecule has 0 saturated carbocycles. The fraction of sp³-hybridized carbons (Fsp3) is 0.385. The first kappa shape index (κ1) is 13.9. The molecule has 2 rings (SSSR count). The van der Waals surface area contributed by atoms with Crippen molar-refractivity contribution in [2.45, 2.75) is 19.8 Å². The Morgan fingerprint density at radius 1 is 1.21 bits per heavy atom.